The highest BCUT2D eigenvalue weighted by molar-refractivity contribution is 5.92. The fourth-order valence-electron chi connectivity index (χ4n) is 2.48. The van der Waals surface area contributed by atoms with Crippen molar-refractivity contribution >= 4 is 11.9 Å². The minimum Gasteiger partial charge on any atom is -0.489 e. The van der Waals surface area contributed by atoms with Gasteiger partial charge in [0.1, 0.15) is 12.4 Å². The molecule has 0 saturated heterocycles. The van der Waals surface area contributed by atoms with E-state index in [1.165, 1.54) is 6.20 Å². The Morgan fingerprint density at radius 1 is 1.11 bits per heavy atom. The lowest BCUT2D eigenvalue weighted by atomic mass is 10.1. The minimum absolute atomic E-state index is 0.0837. The van der Waals surface area contributed by atoms with Gasteiger partial charge in [0.2, 0.25) is 6.10 Å². The quantitative estimate of drug-likeness (QED) is 0.790. The van der Waals surface area contributed by atoms with Crippen LogP contribution in [-0.2, 0) is 9.53 Å². The van der Waals surface area contributed by atoms with E-state index in [9.17, 15) is 9.59 Å². The molecular weight excluding hydrogens is 344 g/mol. The second-order valence-corrected chi connectivity index (χ2v) is 7.41. The summed E-state index contributed by atoms with van der Waals surface area (Å²) in [5, 5.41) is 2.83. The second-order valence-electron chi connectivity index (χ2n) is 7.41. The van der Waals surface area contributed by atoms with E-state index in [2.05, 4.69) is 10.3 Å². The average Bonchev–Trinajstić information content (AvgIpc) is 2.59. The summed E-state index contributed by atoms with van der Waals surface area (Å²) in [5.41, 5.74) is 1.71. The zero-order valence-corrected chi connectivity index (χ0v) is 16.4. The molecule has 0 spiro atoms. The predicted molar refractivity (Wildman–Crippen MR) is 103 cm³/mol. The molecule has 0 aliphatic rings. The van der Waals surface area contributed by atoms with Crippen molar-refractivity contribution in [3.63, 3.8) is 0 Å². The Morgan fingerprint density at radius 2 is 1.78 bits per heavy atom. The SMILES string of the molecule is Cc1cccc(C)c1OCC(OC(=O)c1cccnc1)C(=O)NC(C)(C)C. The molecule has 0 aliphatic carbocycles. The number of rotatable bonds is 6. The van der Waals surface area contributed by atoms with Gasteiger partial charge < -0.3 is 14.8 Å². The number of para-hydroxylation sites is 1. The number of carbonyl (C=O) groups is 2. The van der Waals surface area contributed by atoms with Gasteiger partial charge in [0.15, 0.2) is 0 Å². The molecule has 0 fully saturated rings. The lowest BCUT2D eigenvalue weighted by Gasteiger charge is -2.25. The summed E-state index contributed by atoms with van der Waals surface area (Å²) >= 11 is 0. The van der Waals surface area contributed by atoms with E-state index in [1.54, 1.807) is 18.3 Å². The first-order valence-corrected chi connectivity index (χ1v) is 8.79. The van der Waals surface area contributed by atoms with Crippen molar-refractivity contribution in [1.29, 1.82) is 0 Å². The molecule has 1 unspecified atom stereocenters. The number of hydrogen-bond acceptors (Lipinski definition) is 5. The fourth-order valence-corrected chi connectivity index (χ4v) is 2.48. The molecule has 6 heteroatoms. The number of pyridine rings is 1. The van der Waals surface area contributed by atoms with Crippen LogP contribution < -0.4 is 10.1 Å². The Bertz CT molecular complexity index is 777. The number of nitrogens with one attached hydrogen (secondary N) is 1. The lowest BCUT2D eigenvalue weighted by molar-refractivity contribution is -0.133. The maximum Gasteiger partial charge on any atom is 0.340 e. The topological polar surface area (TPSA) is 77.5 Å². The van der Waals surface area contributed by atoms with E-state index in [4.69, 9.17) is 9.47 Å². The Kier molecular flexibility index (Phi) is 6.55. The van der Waals surface area contributed by atoms with E-state index in [0.717, 1.165) is 11.1 Å². The monoisotopic (exact) mass is 370 g/mol. The van der Waals surface area contributed by atoms with Crippen LogP contribution in [0.4, 0.5) is 0 Å². The molecule has 2 aromatic rings. The van der Waals surface area contributed by atoms with E-state index >= 15 is 0 Å². The highest BCUT2D eigenvalue weighted by Crippen LogP contribution is 2.22. The number of carbonyl (C=O) groups excluding carboxylic acids is 2. The zero-order valence-electron chi connectivity index (χ0n) is 16.4. The maximum absolute atomic E-state index is 12.6. The smallest absolute Gasteiger partial charge is 0.340 e. The number of ether oxygens (including phenoxy) is 2. The molecule has 0 aliphatic heterocycles. The van der Waals surface area contributed by atoms with Crippen molar-refractivity contribution in [3.8, 4) is 5.75 Å². The summed E-state index contributed by atoms with van der Waals surface area (Å²) in [7, 11) is 0. The third kappa shape index (κ3) is 6.09. The van der Waals surface area contributed by atoms with Crippen LogP contribution in [0.2, 0.25) is 0 Å². The third-order valence-corrected chi connectivity index (χ3v) is 3.72. The molecule has 2 rings (SSSR count). The first kappa shape index (κ1) is 20.4. The average molecular weight is 370 g/mol. The molecule has 0 radical (unpaired) electrons. The van der Waals surface area contributed by atoms with Crippen LogP contribution >= 0.6 is 0 Å². The predicted octanol–water partition coefficient (Wildman–Crippen LogP) is 3.22. The molecule has 6 nitrogen and oxygen atoms in total. The number of hydrogen-bond donors (Lipinski definition) is 1. The summed E-state index contributed by atoms with van der Waals surface area (Å²) in [6, 6.07) is 9.00. The summed E-state index contributed by atoms with van der Waals surface area (Å²) in [4.78, 5) is 28.9. The Hall–Kier alpha value is -2.89. The van der Waals surface area contributed by atoms with Gasteiger partial charge in [0.25, 0.3) is 5.91 Å². The molecule has 144 valence electrons. The normalized spacial score (nSPS) is 12.2. The van der Waals surface area contributed by atoms with Crippen LogP contribution in [0.15, 0.2) is 42.7 Å². The number of nitrogens with zero attached hydrogens (tertiary/aromatic N) is 1. The van der Waals surface area contributed by atoms with Crippen LogP contribution in [-0.4, -0.2) is 35.1 Å². The summed E-state index contributed by atoms with van der Waals surface area (Å²) in [5.74, 6) is -0.350. The van der Waals surface area contributed by atoms with Crippen LogP contribution in [0, 0.1) is 13.8 Å². The van der Waals surface area contributed by atoms with Crippen molar-refractivity contribution in [3.05, 3.63) is 59.4 Å². The second kappa shape index (κ2) is 8.66. The molecule has 0 saturated carbocycles. The van der Waals surface area contributed by atoms with E-state index in [0.29, 0.717) is 5.75 Å². The number of benzene rings is 1. The first-order chi connectivity index (χ1) is 12.7. The Balaban J connectivity index is 2.16. The molecule has 1 aromatic heterocycles. The van der Waals surface area contributed by atoms with Crippen molar-refractivity contribution in [1.82, 2.24) is 10.3 Å². The van der Waals surface area contributed by atoms with Gasteiger partial charge in [-0.25, -0.2) is 4.79 Å². The molecule has 1 N–H and O–H groups in total. The summed E-state index contributed by atoms with van der Waals surface area (Å²) < 4.78 is 11.3. The third-order valence-electron chi connectivity index (χ3n) is 3.72. The van der Waals surface area contributed by atoms with Gasteiger partial charge in [-0.2, -0.15) is 0 Å². The van der Waals surface area contributed by atoms with Crippen molar-refractivity contribution < 1.29 is 19.1 Å². The molecule has 1 amide bonds. The Morgan fingerprint density at radius 3 is 2.33 bits per heavy atom. The summed E-state index contributed by atoms with van der Waals surface area (Å²) in [6.07, 6.45) is 1.87. The number of aromatic nitrogens is 1. The van der Waals surface area contributed by atoms with Crippen molar-refractivity contribution in [2.75, 3.05) is 6.61 Å². The maximum atomic E-state index is 12.6. The lowest BCUT2D eigenvalue weighted by Crippen LogP contribution is -2.49. The zero-order chi connectivity index (χ0) is 20.0. The molecule has 1 heterocycles. The fraction of sp³-hybridized carbons (Fsp3) is 0.381. The van der Waals surface area contributed by atoms with Crippen LogP contribution in [0.3, 0.4) is 0 Å². The minimum atomic E-state index is -1.09. The van der Waals surface area contributed by atoms with Crippen LogP contribution in [0.1, 0.15) is 42.3 Å². The van der Waals surface area contributed by atoms with Gasteiger partial charge in [-0.05, 0) is 57.9 Å². The number of esters is 1. The van der Waals surface area contributed by atoms with Crippen LogP contribution in [0.25, 0.3) is 0 Å². The molecular formula is C21H26N2O4. The van der Waals surface area contributed by atoms with Gasteiger partial charge in [-0.15, -0.1) is 0 Å². The number of amides is 1. The van der Waals surface area contributed by atoms with Gasteiger partial charge in [0.05, 0.1) is 5.56 Å². The largest absolute Gasteiger partial charge is 0.489 e. The molecule has 0 bridgehead atoms. The van der Waals surface area contributed by atoms with Gasteiger partial charge >= 0.3 is 5.97 Å². The molecule has 1 atom stereocenters. The van der Waals surface area contributed by atoms with Crippen molar-refractivity contribution in [2.45, 2.75) is 46.3 Å². The van der Waals surface area contributed by atoms with Gasteiger partial charge in [-0.3, -0.25) is 9.78 Å². The standard InChI is InChI=1S/C21H26N2O4/c1-14-8-6-9-15(2)18(14)26-13-17(19(24)23-21(3,4)5)27-20(25)16-10-7-11-22-12-16/h6-12,17H,13H2,1-5H3,(H,23,24). The van der Waals surface area contributed by atoms with Gasteiger partial charge in [0, 0.05) is 17.9 Å². The van der Waals surface area contributed by atoms with E-state index in [-0.39, 0.29) is 12.2 Å². The van der Waals surface area contributed by atoms with E-state index < -0.39 is 23.5 Å². The van der Waals surface area contributed by atoms with Crippen molar-refractivity contribution in [2.24, 2.45) is 0 Å². The molecule has 1 aromatic carbocycles. The van der Waals surface area contributed by atoms with Gasteiger partial charge in [-0.1, -0.05) is 18.2 Å². The Labute approximate surface area is 159 Å². The first-order valence-electron chi connectivity index (χ1n) is 8.79. The highest BCUT2D eigenvalue weighted by atomic mass is 16.6. The number of aryl methyl sites for hydroxylation is 2. The summed E-state index contributed by atoms with van der Waals surface area (Å²) in [6.45, 7) is 9.34. The van der Waals surface area contributed by atoms with Crippen LogP contribution in [0.5, 0.6) is 5.75 Å². The van der Waals surface area contributed by atoms with E-state index in [1.807, 2.05) is 52.8 Å². The molecule has 27 heavy (non-hydrogen) atoms. The highest BCUT2D eigenvalue weighted by Gasteiger charge is 2.28.